The van der Waals surface area contributed by atoms with Crippen LogP contribution in [0.3, 0.4) is 0 Å². The highest BCUT2D eigenvalue weighted by atomic mass is 79.9. The van der Waals surface area contributed by atoms with E-state index in [0.717, 1.165) is 10.9 Å². The van der Waals surface area contributed by atoms with Gasteiger partial charge in [0.15, 0.2) is 0 Å². The highest BCUT2D eigenvalue weighted by Gasteiger charge is 2.24. The van der Waals surface area contributed by atoms with E-state index in [4.69, 9.17) is 0 Å². The maximum atomic E-state index is 12.2. The number of alkyl halides is 2. The van der Waals surface area contributed by atoms with E-state index < -0.39 is 0 Å². The molecule has 19 heavy (non-hydrogen) atoms. The molecule has 0 unspecified atom stereocenters. The molecule has 0 saturated carbocycles. The lowest BCUT2D eigenvalue weighted by molar-refractivity contribution is 0.0923. The van der Waals surface area contributed by atoms with Crippen LogP contribution < -0.4 is 5.32 Å². The fraction of sp³-hybridized carbons (Fsp3) is 0.286. The molecule has 2 aromatic rings. The zero-order valence-corrected chi connectivity index (χ0v) is 13.7. The SMILES string of the molecule is CC(CBr)(CBr)NC(=O)c1ccc2ncccc2c1. The number of carbonyl (C=O) groups excluding carboxylic acids is 1. The van der Waals surface area contributed by atoms with E-state index in [2.05, 4.69) is 42.2 Å². The Bertz CT molecular complexity index is 597. The quantitative estimate of drug-likeness (QED) is 0.818. The van der Waals surface area contributed by atoms with E-state index in [9.17, 15) is 4.79 Å². The Morgan fingerprint density at radius 2 is 2.05 bits per heavy atom. The van der Waals surface area contributed by atoms with E-state index in [1.165, 1.54) is 0 Å². The van der Waals surface area contributed by atoms with Gasteiger partial charge in [0.05, 0.1) is 11.1 Å². The maximum absolute atomic E-state index is 12.2. The van der Waals surface area contributed by atoms with Crippen molar-refractivity contribution in [1.82, 2.24) is 10.3 Å². The van der Waals surface area contributed by atoms with Gasteiger partial charge < -0.3 is 5.32 Å². The number of rotatable bonds is 4. The number of hydrogen-bond acceptors (Lipinski definition) is 2. The van der Waals surface area contributed by atoms with Gasteiger partial charge in [0.25, 0.3) is 5.91 Å². The van der Waals surface area contributed by atoms with Gasteiger partial charge in [-0.15, -0.1) is 0 Å². The third-order valence-corrected chi connectivity index (χ3v) is 5.35. The number of carbonyl (C=O) groups is 1. The number of nitrogens with one attached hydrogen (secondary N) is 1. The fourth-order valence-corrected chi connectivity index (χ4v) is 2.87. The number of nitrogens with zero attached hydrogens (tertiary/aromatic N) is 1. The van der Waals surface area contributed by atoms with Gasteiger partial charge in [-0.3, -0.25) is 9.78 Å². The molecule has 0 atom stereocenters. The molecule has 0 aliphatic rings. The average Bonchev–Trinajstić information content (AvgIpc) is 2.46. The molecule has 2 rings (SSSR count). The largest absolute Gasteiger partial charge is 0.345 e. The average molecular weight is 386 g/mol. The standard InChI is InChI=1S/C14H14Br2N2O/c1-14(8-15,9-16)18-13(19)11-4-5-12-10(7-11)3-2-6-17-12/h2-7H,8-9H2,1H3,(H,18,19). The van der Waals surface area contributed by atoms with Crippen molar-refractivity contribution in [1.29, 1.82) is 0 Å². The van der Waals surface area contributed by atoms with Gasteiger partial charge in [0.1, 0.15) is 0 Å². The molecule has 0 aliphatic carbocycles. The monoisotopic (exact) mass is 384 g/mol. The number of aromatic nitrogens is 1. The summed E-state index contributed by atoms with van der Waals surface area (Å²) >= 11 is 6.84. The van der Waals surface area contributed by atoms with Crippen LogP contribution in [0, 0.1) is 0 Å². The van der Waals surface area contributed by atoms with Crippen LogP contribution in [-0.2, 0) is 0 Å². The Morgan fingerprint density at radius 1 is 1.32 bits per heavy atom. The zero-order valence-electron chi connectivity index (χ0n) is 10.5. The summed E-state index contributed by atoms with van der Waals surface area (Å²) in [6.07, 6.45) is 1.74. The van der Waals surface area contributed by atoms with Crippen molar-refractivity contribution in [3.63, 3.8) is 0 Å². The van der Waals surface area contributed by atoms with Crippen molar-refractivity contribution < 1.29 is 4.79 Å². The smallest absolute Gasteiger partial charge is 0.251 e. The minimum absolute atomic E-state index is 0.0767. The molecule has 1 aromatic carbocycles. The summed E-state index contributed by atoms with van der Waals surface area (Å²) < 4.78 is 0. The van der Waals surface area contributed by atoms with Crippen LogP contribution in [-0.4, -0.2) is 27.1 Å². The first-order valence-electron chi connectivity index (χ1n) is 5.87. The van der Waals surface area contributed by atoms with Crippen molar-refractivity contribution in [2.75, 3.05) is 10.7 Å². The summed E-state index contributed by atoms with van der Waals surface area (Å²) in [5.41, 5.74) is 1.23. The lowest BCUT2D eigenvalue weighted by atomic mass is 10.1. The molecule has 100 valence electrons. The molecule has 0 spiro atoms. The third-order valence-electron chi connectivity index (χ3n) is 2.87. The number of hydrogen-bond donors (Lipinski definition) is 1. The molecule has 1 heterocycles. The molecule has 0 radical (unpaired) electrons. The van der Waals surface area contributed by atoms with Crippen LogP contribution in [0.1, 0.15) is 17.3 Å². The van der Waals surface area contributed by atoms with E-state index in [-0.39, 0.29) is 11.4 Å². The number of halogens is 2. The molecular formula is C14H14Br2N2O. The second kappa shape index (κ2) is 6.01. The summed E-state index contributed by atoms with van der Waals surface area (Å²) in [7, 11) is 0. The number of fused-ring (bicyclic) bond motifs is 1. The lowest BCUT2D eigenvalue weighted by Gasteiger charge is -2.26. The van der Waals surface area contributed by atoms with Crippen molar-refractivity contribution in [3.05, 3.63) is 42.1 Å². The first-order valence-corrected chi connectivity index (χ1v) is 8.11. The first-order chi connectivity index (χ1) is 9.08. The second-order valence-electron chi connectivity index (χ2n) is 4.69. The molecule has 3 nitrogen and oxygen atoms in total. The van der Waals surface area contributed by atoms with Crippen LogP contribution in [0.2, 0.25) is 0 Å². The lowest BCUT2D eigenvalue weighted by Crippen LogP contribution is -2.48. The minimum Gasteiger partial charge on any atom is -0.345 e. The van der Waals surface area contributed by atoms with Crippen LogP contribution in [0.15, 0.2) is 36.5 Å². The Balaban J connectivity index is 2.26. The molecule has 1 amide bonds. The number of amides is 1. The minimum atomic E-state index is -0.305. The van der Waals surface area contributed by atoms with Gasteiger partial charge in [-0.25, -0.2) is 0 Å². The molecule has 0 aliphatic heterocycles. The van der Waals surface area contributed by atoms with Crippen LogP contribution >= 0.6 is 31.9 Å². The van der Waals surface area contributed by atoms with Gasteiger partial charge in [0, 0.05) is 27.8 Å². The highest BCUT2D eigenvalue weighted by molar-refractivity contribution is 9.09. The third kappa shape index (κ3) is 3.34. The summed E-state index contributed by atoms with van der Waals surface area (Å²) in [6.45, 7) is 1.98. The number of benzene rings is 1. The van der Waals surface area contributed by atoms with E-state index in [1.807, 2.05) is 31.2 Å². The van der Waals surface area contributed by atoms with E-state index in [1.54, 1.807) is 12.3 Å². The van der Waals surface area contributed by atoms with Gasteiger partial charge in [-0.05, 0) is 31.2 Å². The van der Waals surface area contributed by atoms with Crippen molar-refractivity contribution in [2.45, 2.75) is 12.5 Å². The number of pyridine rings is 1. The van der Waals surface area contributed by atoms with Gasteiger partial charge >= 0.3 is 0 Å². The summed E-state index contributed by atoms with van der Waals surface area (Å²) in [6, 6.07) is 9.34. The highest BCUT2D eigenvalue weighted by Crippen LogP contribution is 2.16. The molecular weight excluding hydrogens is 372 g/mol. The maximum Gasteiger partial charge on any atom is 0.251 e. The second-order valence-corrected chi connectivity index (χ2v) is 5.81. The van der Waals surface area contributed by atoms with Crippen LogP contribution in [0.5, 0.6) is 0 Å². The van der Waals surface area contributed by atoms with Gasteiger partial charge in [0.2, 0.25) is 0 Å². The fourth-order valence-electron chi connectivity index (χ4n) is 1.67. The Morgan fingerprint density at radius 3 is 2.74 bits per heavy atom. The molecule has 0 saturated heterocycles. The Kier molecular flexibility index (Phi) is 4.58. The molecule has 0 bridgehead atoms. The predicted molar refractivity (Wildman–Crippen MR) is 85.2 cm³/mol. The summed E-state index contributed by atoms with van der Waals surface area (Å²) in [5.74, 6) is -0.0767. The topological polar surface area (TPSA) is 42.0 Å². The first kappa shape index (κ1) is 14.5. The van der Waals surface area contributed by atoms with Crippen molar-refractivity contribution >= 4 is 48.7 Å². The molecule has 1 aromatic heterocycles. The predicted octanol–water partition coefficient (Wildman–Crippen LogP) is 3.51. The van der Waals surface area contributed by atoms with E-state index >= 15 is 0 Å². The van der Waals surface area contributed by atoms with Crippen LogP contribution in [0.25, 0.3) is 10.9 Å². The van der Waals surface area contributed by atoms with Gasteiger partial charge in [-0.2, -0.15) is 0 Å². The van der Waals surface area contributed by atoms with Crippen molar-refractivity contribution in [2.24, 2.45) is 0 Å². The summed E-state index contributed by atoms with van der Waals surface area (Å²) in [4.78, 5) is 16.5. The molecule has 1 N–H and O–H groups in total. The molecule has 5 heteroatoms. The Hall–Kier alpha value is -0.940. The Labute approximate surface area is 129 Å². The van der Waals surface area contributed by atoms with Crippen LogP contribution in [0.4, 0.5) is 0 Å². The molecule has 0 fully saturated rings. The van der Waals surface area contributed by atoms with Gasteiger partial charge in [-0.1, -0.05) is 37.9 Å². The van der Waals surface area contributed by atoms with E-state index in [0.29, 0.717) is 16.2 Å². The zero-order chi connectivity index (χ0) is 13.9. The summed E-state index contributed by atoms with van der Waals surface area (Å²) in [5, 5.41) is 5.36. The normalized spacial score (nSPS) is 11.5. The van der Waals surface area contributed by atoms with Crippen molar-refractivity contribution in [3.8, 4) is 0 Å².